The maximum Gasteiger partial charge on any atom is 0.340 e. The van der Waals surface area contributed by atoms with Crippen LogP contribution in [0.25, 0.3) is 0 Å². The Morgan fingerprint density at radius 1 is 1.20 bits per heavy atom. The van der Waals surface area contributed by atoms with E-state index < -0.39 is 5.97 Å². The molecule has 0 radical (unpaired) electrons. The SMILES string of the molecule is COC(=O)c1cc(OC2CCCCCC2)cc(C)c1N. The van der Waals surface area contributed by atoms with Crippen LogP contribution in [0.2, 0.25) is 0 Å². The standard InChI is InChI=1S/C16H23NO3/c1-11-9-13(10-14(15(11)17)16(18)19-2)20-12-7-5-3-4-6-8-12/h9-10,12H,3-8,17H2,1-2H3. The van der Waals surface area contributed by atoms with Gasteiger partial charge in [0.2, 0.25) is 0 Å². The van der Waals surface area contributed by atoms with Gasteiger partial charge in [0.25, 0.3) is 0 Å². The van der Waals surface area contributed by atoms with Crippen molar-refractivity contribution in [3.05, 3.63) is 23.3 Å². The quantitative estimate of drug-likeness (QED) is 0.522. The van der Waals surface area contributed by atoms with Gasteiger partial charge in [0.1, 0.15) is 5.75 Å². The maximum absolute atomic E-state index is 11.7. The molecule has 0 spiro atoms. The fraction of sp³-hybridized carbons (Fsp3) is 0.562. The number of aryl methyl sites for hydroxylation is 1. The highest BCUT2D eigenvalue weighted by atomic mass is 16.5. The van der Waals surface area contributed by atoms with Crippen molar-refractivity contribution in [2.45, 2.75) is 51.6 Å². The average molecular weight is 277 g/mol. The summed E-state index contributed by atoms with van der Waals surface area (Å²) < 4.78 is 10.8. The number of rotatable bonds is 3. The summed E-state index contributed by atoms with van der Waals surface area (Å²) in [6, 6.07) is 3.59. The molecule has 0 bridgehead atoms. The van der Waals surface area contributed by atoms with Crippen LogP contribution < -0.4 is 10.5 Å². The summed E-state index contributed by atoms with van der Waals surface area (Å²) in [4.78, 5) is 11.7. The minimum absolute atomic E-state index is 0.242. The summed E-state index contributed by atoms with van der Waals surface area (Å²) in [7, 11) is 1.36. The number of benzene rings is 1. The Morgan fingerprint density at radius 3 is 2.45 bits per heavy atom. The molecule has 4 heteroatoms. The van der Waals surface area contributed by atoms with Crippen LogP contribution in [0.3, 0.4) is 0 Å². The van der Waals surface area contributed by atoms with Gasteiger partial charge in [0.05, 0.1) is 18.8 Å². The molecule has 0 amide bonds. The van der Waals surface area contributed by atoms with E-state index in [1.54, 1.807) is 6.07 Å². The Balaban J connectivity index is 2.19. The van der Waals surface area contributed by atoms with Crippen molar-refractivity contribution in [1.82, 2.24) is 0 Å². The van der Waals surface area contributed by atoms with Crippen LogP contribution >= 0.6 is 0 Å². The lowest BCUT2D eigenvalue weighted by atomic mass is 10.1. The van der Waals surface area contributed by atoms with Gasteiger partial charge < -0.3 is 15.2 Å². The van der Waals surface area contributed by atoms with Gasteiger partial charge in [-0.05, 0) is 50.3 Å². The average Bonchev–Trinajstić information content (AvgIpc) is 2.70. The van der Waals surface area contributed by atoms with E-state index in [0.717, 1.165) is 18.4 Å². The number of nitrogen functional groups attached to an aromatic ring is 1. The van der Waals surface area contributed by atoms with E-state index in [4.69, 9.17) is 15.2 Å². The summed E-state index contributed by atoms with van der Waals surface area (Å²) in [6.45, 7) is 1.88. The predicted molar refractivity (Wildman–Crippen MR) is 79.0 cm³/mol. The van der Waals surface area contributed by atoms with Gasteiger partial charge in [-0.25, -0.2) is 4.79 Å². The second kappa shape index (κ2) is 6.64. The number of anilines is 1. The lowest BCUT2D eigenvalue weighted by Gasteiger charge is -2.18. The molecule has 1 fully saturated rings. The van der Waals surface area contributed by atoms with Crippen LogP contribution in [-0.4, -0.2) is 19.2 Å². The topological polar surface area (TPSA) is 61.5 Å². The summed E-state index contributed by atoms with van der Waals surface area (Å²) >= 11 is 0. The molecule has 1 aromatic carbocycles. The van der Waals surface area contributed by atoms with E-state index >= 15 is 0 Å². The molecular formula is C16H23NO3. The Morgan fingerprint density at radius 2 is 1.85 bits per heavy atom. The monoisotopic (exact) mass is 277 g/mol. The molecule has 1 aliphatic carbocycles. The van der Waals surface area contributed by atoms with E-state index in [2.05, 4.69) is 0 Å². The van der Waals surface area contributed by atoms with Crippen molar-refractivity contribution in [2.24, 2.45) is 0 Å². The number of hydrogen-bond donors (Lipinski definition) is 1. The zero-order valence-corrected chi connectivity index (χ0v) is 12.3. The van der Waals surface area contributed by atoms with Crippen LogP contribution in [0.15, 0.2) is 12.1 Å². The van der Waals surface area contributed by atoms with E-state index in [-0.39, 0.29) is 6.10 Å². The lowest BCUT2D eigenvalue weighted by molar-refractivity contribution is 0.0601. The van der Waals surface area contributed by atoms with Gasteiger partial charge >= 0.3 is 5.97 Å². The highest BCUT2D eigenvalue weighted by Gasteiger charge is 2.17. The van der Waals surface area contributed by atoms with Crippen LogP contribution in [0.4, 0.5) is 5.69 Å². The lowest BCUT2D eigenvalue weighted by Crippen LogP contribution is -2.16. The van der Waals surface area contributed by atoms with Crippen molar-refractivity contribution in [3.8, 4) is 5.75 Å². The third-order valence-electron chi connectivity index (χ3n) is 3.87. The van der Waals surface area contributed by atoms with Crippen molar-refractivity contribution >= 4 is 11.7 Å². The summed E-state index contributed by atoms with van der Waals surface area (Å²) in [6.07, 6.45) is 7.40. The number of carbonyl (C=O) groups excluding carboxylic acids is 1. The third-order valence-corrected chi connectivity index (χ3v) is 3.87. The molecule has 20 heavy (non-hydrogen) atoms. The Kier molecular flexibility index (Phi) is 4.88. The molecule has 0 aliphatic heterocycles. The molecule has 2 rings (SSSR count). The zero-order valence-electron chi connectivity index (χ0n) is 12.3. The summed E-state index contributed by atoms with van der Waals surface area (Å²) in [5.74, 6) is 0.293. The van der Waals surface area contributed by atoms with Gasteiger partial charge in [-0.1, -0.05) is 12.8 Å². The minimum Gasteiger partial charge on any atom is -0.490 e. The second-order valence-corrected chi connectivity index (χ2v) is 5.42. The minimum atomic E-state index is -0.420. The molecule has 2 N–H and O–H groups in total. The molecule has 4 nitrogen and oxygen atoms in total. The van der Waals surface area contributed by atoms with Crippen LogP contribution in [-0.2, 0) is 4.74 Å². The van der Waals surface area contributed by atoms with Gasteiger partial charge in [-0.2, -0.15) is 0 Å². The molecule has 0 aromatic heterocycles. The Hall–Kier alpha value is -1.71. The van der Waals surface area contributed by atoms with Crippen LogP contribution in [0.1, 0.15) is 54.4 Å². The molecular weight excluding hydrogens is 254 g/mol. The second-order valence-electron chi connectivity index (χ2n) is 5.42. The smallest absolute Gasteiger partial charge is 0.340 e. The zero-order chi connectivity index (χ0) is 14.5. The van der Waals surface area contributed by atoms with E-state index in [1.165, 1.54) is 32.8 Å². The van der Waals surface area contributed by atoms with Crippen LogP contribution in [0.5, 0.6) is 5.75 Å². The first-order valence-corrected chi connectivity index (χ1v) is 7.27. The number of methoxy groups -OCH3 is 1. The van der Waals surface area contributed by atoms with Gasteiger partial charge in [-0.3, -0.25) is 0 Å². The molecule has 0 unspecified atom stereocenters. The van der Waals surface area contributed by atoms with E-state index in [0.29, 0.717) is 17.0 Å². The fourth-order valence-electron chi connectivity index (χ4n) is 2.66. The van der Waals surface area contributed by atoms with Crippen molar-refractivity contribution in [3.63, 3.8) is 0 Å². The van der Waals surface area contributed by atoms with Gasteiger partial charge in [0.15, 0.2) is 0 Å². The molecule has 1 aromatic rings. The maximum atomic E-state index is 11.7. The summed E-state index contributed by atoms with van der Waals surface area (Å²) in [5.41, 5.74) is 7.62. The molecule has 0 heterocycles. The van der Waals surface area contributed by atoms with Crippen molar-refractivity contribution in [2.75, 3.05) is 12.8 Å². The van der Waals surface area contributed by atoms with Gasteiger partial charge in [-0.15, -0.1) is 0 Å². The number of esters is 1. The first-order valence-electron chi connectivity index (χ1n) is 7.27. The molecule has 0 saturated heterocycles. The molecule has 1 saturated carbocycles. The number of nitrogens with two attached hydrogens (primary N) is 1. The van der Waals surface area contributed by atoms with E-state index in [9.17, 15) is 4.79 Å². The predicted octanol–water partition coefficient (Wildman–Crippen LogP) is 3.47. The number of carbonyl (C=O) groups is 1. The molecule has 1 aliphatic rings. The summed E-state index contributed by atoms with van der Waals surface area (Å²) in [5, 5.41) is 0. The first-order chi connectivity index (χ1) is 9.61. The highest BCUT2D eigenvalue weighted by molar-refractivity contribution is 5.96. The third kappa shape index (κ3) is 3.44. The number of hydrogen-bond acceptors (Lipinski definition) is 4. The Labute approximate surface area is 120 Å². The van der Waals surface area contributed by atoms with E-state index in [1.807, 2.05) is 13.0 Å². The largest absolute Gasteiger partial charge is 0.490 e. The van der Waals surface area contributed by atoms with Crippen LogP contribution in [0, 0.1) is 6.92 Å². The van der Waals surface area contributed by atoms with Gasteiger partial charge in [0, 0.05) is 5.69 Å². The van der Waals surface area contributed by atoms with Crippen molar-refractivity contribution < 1.29 is 14.3 Å². The fourth-order valence-corrected chi connectivity index (χ4v) is 2.66. The first kappa shape index (κ1) is 14.7. The molecule has 0 atom stereocenters. The Bertz CT molecular complexity index is 477. The normalized spacial score (nSPS) is 16.5. The van der Waals surface area contributed by atoms with Crippen molar-refractivity contribution in [1.29, 1.82) is 0 Å². The number of ether oxygens (including phenoxy) is 2. The molecule has 110 valence electrons. The highest BCUT2D eigenvalue weighted by Crippen LogP contribution is 2.28.